The van der Waals surface area contributed by atoms with Crippen molar-refractivity contribution in [3.05, 3.63) is 59.0 Å². The van der Waals surface area contributed by atoms with Crippen molar-refractivity contribution in [2.45, 2.75) is 53.1 Å². The Labute approximate surface area is 166 Å². The molecule has 1 saturated carbocycles. The van der Waals surface area contributed by atoms with Crippen molar-refractivity contribution in [2.75, 3.05) is 6.54 Å². The highest BCUT2D eigenvalue weighted by Crippen LogP contribution is 2.32. The van der Waals surface area contributed by atoms with Crippen LogP contribution in [0.4, 0.5) is 0 Å². The lowest BCUT2D eigenvalue weighted by molar-refractivity contribution is 0.0737. The van der Waals surface area contributed by atoms with Crippen molar-refractivity contribution in [1.82, 2.24) is 19.4 Å². The topological polar surface area (TPSA) is 51.0 Å². The Morgan fingerprint density at radius 3 is 2.75 bits per heavy atom. The first-order valence-corrected chi connectivity index (χ1v) is 10.2. The van der Waals surface area contributed by atoms with Gasteiger partial charge in [0.15, 0.2) is 5.65 Å². The average Bonchev–Trinajstić information content (AvgIpc) is 3.45. The van der Waals surface area contributed by atoms with Crippen LogP contribution >= 0.6 is 0 Å². The number of imidazole rings is 1. The van der Waals surface area contributed by atoms with Gasteiger partial charge in [-0.25, -0.2) is 9.97 Å². The van der Waals surface area contributed by atoms with Crippen LogP contribution in [0.3, 0.4) is 0 Å². The number of hydrogen-bond acceptors (Lipinski definition) is 3. The minimum absolute atomic E-state index is 0.0722. The maximum absolute atomic E-state index is 13.2. The SMILES string of the molecule is CCCN(Cc1nc2cccnc2n1CC1CC1)C(=O)c1ccc(C)c(C)c1. The first-order chi connectivity index (χ1) is 13.6. The number of fused-ring (bicyclic) bond motifs is 1. The number of benzene rings is 1. The standard InChI is InChI=1S/C23H28N4O/c1-4-12-26(23(28)19-10-7-16(2)17(3)13-19)15-21-25-20-6-5-11-24-22(20)27(21)14-18-8-9-18/h5-7,10-11,13,18H,4,8-9,12,14-15H2,1-3H3. The molecule has 0 atom stereocenters. The summed E-state index contributed by atoms with van der Waals surface area (Å²) in [6, 6.07) is 9.88. The van der Waals surface area contributed by atoms with Gasteiger partial charge in [0.05, 0.1) is 6.54 Å². The minimum atomic E-state index is 0.0722. The first-order valence-electron chi connectivity index (χ1n) is 10.2. The molecule has 4 rings (SSSR count). The monoisotopic (exact) mass is 376 g/mol. The highest BCUT2D eigenvalue weighted by Gasteiger charge is 2.26. The number of hydrogen-bond donors (Lipinski definition) is 0. The minimum Gasteiger partial charge on any atom is -0.331 e. The number of carbonyl (C=O) groups is 1. The van der Waals surface area contributed by atoms with Crippen LogP contribution in [-0.2, 0) is 13.1 Å². The second-order valence-electron chi connectivity index (χ2n) is 7.95. The van der Waals surface area contributed by atoms with Gasteiger partial charge in [-0.15, -0.1) is 0 Å². The molecule has 0 aliphatic heterocycles. The van der Waals surface area contributed by atoms with E-state index in [1.54, 1.807) is 0 Å². The zero-order chi connectivity index (χ0) is 19.7. The van der Waals surface area contributed by atoms with Gasteiger partial charge in [0.1, 0.15) is 11.3 Å². The molecule has 1 amide bonds. The summed E-state index contributed by atoms with van der Waals surface area (Å²) in [7, 11) is 0. The van der Waals surface area contributed by atoms with Crippen LogP contribution in [0.1, 0.15) is 53.5 Å². The molecule has 1 fully saturated rings. The van der Waals surface area contributed by atoms with E-state index in [0.29, 0.717) is 19.0 Å². The highest BCUT2D eigenvalue weighted by atomic mass is 16.2. The van der Waals surface area contributed by atoms with Crippen molar-refractivity contribution in [3.8, 4) is 0 Å². The second-order valence-corrected chi connectivity index (χ2v) is 7.95. The lowest BCUT2D eigenvalue weighted by atomic mass is 10.1. The average molecular weight is 377 g/mol. The Morgan fingerprint density at radius 2 is 2.04 bits per heavy atom. The number of pyridine rings is 1. The third-order valence-corrected chi connectivity index (χ3v) is 5.59. The fraction of sp³-hybridized carbons (Fsp3) is 0.435. The van der Waals surface area contributed by atoms with Crippen LogP contribution in [0.5, 0.6) is 0 Å². The Morgan fingerprint density at radius 1 is 1.21 bits per heavy atom. The number of amides is 1. The van der Waals surface area contributed by atoms with Crippen LogP contribution in [0.2, 0.25) is 0 Å². The van der Waals surface area contributed by atoms with E-state index in [1.165, 1.54) is 18.4 Å². The van der Waals surface area contributed by atoms with Gasteiger partial charge >= 0.3 is 0 Å². The first kappa shape index (κ1) is 18.7. The van der Waals surface area contributed by atoms with Crippen molar-refractivity contribution >= 4 is 17.1 Å². The largest absolute Gasteiger partial charge is 0.331 e. The van der Waals surface area contributed by atoms with Crippen LogP contribution < -0.4 is 0 Å². The fourth-order valence-electron chi connectivity index (χ4n) is 3.63. The molecule has 3 aromatic rings. The summed E-state index contributed by atoms with van der Waals surface area (Å²) in [6.07, 6.45) is 5.28. The molecule has 0 spiro atoms. The van der Waals surface area contributed by atoms with Crippen molar-refractivity contribution in [2.24, 2.45) is 5.92 Å². The smallest absolute Gasteiger partial charge is 0.254 e. The van der Waals surface area contributed by atoms with Gasteiger partial charge in [-0.05, 0) is 74.4 Å². The molecule has 2 aromatic heterocycles. The third-order valence-electron chi connectivity index (χ3n) is 5.59. The summed E-state index contributed by atoms with van der Waals surface area (Å²) in [4.78, 5) is 24.5. The second kappa shape index (κ2) is 7.74. The fourth-order valence-corrected chi connectivity index (χ4v) is 3.63. The maximum Gasteiger partial charge on any atom is 0.254 e. The van der Waals surface area contributed by atoms with E-state index in [0.717, 1.165) is 41.1 Å². The van der Waals surface area contributed by atoms with Crippen molar-refractivity contribution in [3.63, 3.8) is 0 Å². The van der Waals surface area contributed by atoms with E-state index in [2.05, 4.69) is 30.3 Å². The van der Waals surface area contributed by atoms with Gasteiger partial charge in [0.2, 0.25) is 0 Å². The molecule has 0 saturated heterocycles. The number of aryl methyl sites for hydroxylation is 2. The quantitative estimate of drug-likeness (QED) is 0.609. The molecule has 1 aromatic carbocycles. The van der Waals surface area contributed by atoms with E-state index in [4.69, 9.17) is 4.98 Å². The maximum atomic E-state index is 13.2. The third kappa shape index (κ3) is 3.79. The Kier molecular flexibility index (Phi) is 5.16. The van der Waals surface area contributed by atoms with E-state index in [1.807, 2.05) is 41.4 Å². The highest BCUT2D eigenvalue weighted by molar-refractivity contribution is 5.94. The summed E-state index contributed by atoms with van der Waals surface area (Å²) >= 11 is 0. The Balaban J connectivity index is 1.65. The predicted molar refractivity (Wildman–Crippen MR) is 111 cm³/mol. The summed E-state index contributed by atoms with van der Waals surface area (Å²) < 4.78 is 2.23. The van der Waals surface area contributed by atoms with E-state index < -0.39 is 0 Å². The lowest BCUT2D eigenvalue weighted by Gasteiger charge is -2.23. The normalized spacial score (nSPS) is 13.8. The zero-order valence-corrected chi connectivity index (χ0v) is 17.0. The molecule has 28 heavy (non-hydrogen) atoms. The van der Waals surface area contributed by atoms with E-state index in [-0.39, 0.29) is 5.91 Å². The lowest BCUT2D eigenvalue weighted by Crippen LogP contribution is -2.32. The molecule has 0 N–H and O–H groups in total. The van der Waals surface area contributed by atoms with Crippen molar-refractivity contribution in [1.29, 1.82) is 0 Å². The van der Waals surface area contributed by atoms with E-state index >= 15 is 0 Å². The predicted octanol–water partition coefficient (Wildman–Crippen LogP) is 4.51. The molecule has 1 aliphatic rings. The van der Waals surface area contributed by atoms with Gasteiger partial charge in [-0.1, -0.05) is 13.0 Å². The number of carbonyl (C=O) groups excluding carboxylic acids is 1. The van der Waals surface area contributed by atoms with Gasteiger partial charge in [0.25, 0.3) is 5.91 Å². The molecule has 0 bridgehead atoms. The van der Waals surface area contributed by atoms with Gasteiger partial charge < -0.3 is 9.47 Å². The number of aromatic nitrogens is 3. The molecule has 5 heteroatoms. The number of rotatable bonds is 7. The molecule has 1 aliphatic carbocycles. The van der Waals surface area contributed by atoms with Crippen LogP contribution in [0.15, 0.2) is 36.5 Å². The van der Waals surface area contributed by atoms with Crippen LogP contribution in [0, 0.1) is 19.8 Å². The molecule has 5 nitrogen and oxygen atoms in total. The van der Waals surface area contributed by atoms with Gasteiger partial charge in [0, 0.05) is 24.8 Å². The Bertz CT molecular complexity index is 1000. The molecular weight excluding hydrogens is 348 g/mol. The summed E-state index contributed by atoms with van der Waals surface area (Å²) in [5.74, 6) is 1.72. The molecule has 0 radical (unpaired) electrons. The zero-order valence-electron chi connectivity index (χ0n) is 17.0. The molecule has 0 unspecified atom stereocenters. The molecule has 146 valence electrons. The van der Waals surface area contributed by atoms with Gasteiger partial charge in [-0.2, -0.15) is 0 Å². The molecule has 2 heterocycles. The van der Waals surface area contributed by atoms with Crippen LogP contribution in [0.25, 0.3) is 11.2 Å². The molecular formula is C23H28N4O. The van der Waals surface area contributed by atoms with Crippen molar-refractivity contribution < 1.29 is 4.79 Å². The van der Waals surface area contributed by atoms with Crippen LogP contribution in [-0.4, -0.2) is 31.9 Å². The van der Waals surface area contributed by atoms with E-state index in [9.17, 15) is 4.79 Å². The van der Waals surface area contributed by atoms with Gasteiger partial charge in [-0.3, -0.25) is 4.79 Å². The summed E-state index contributed by atoms with van der Waals surface area (Å²) in [5.41, 5.74) is 4.94. The Hall–Kier alpha value is -2.69. The number of nitrogens with zero attached hydrogens (tertiary/aromatic N) is 4. The summed E-state index contributed by atoms with van der Waals surface area (Å²) in [5, 5.41) is 0. The summed E-state index contributed by atoms with van der Waals surface area (Å²) in [6.45, 7) is 8.40.